The third-order valence-electron chi connectivity index (χ3n) is 6.26. The molecule has 3 heterocycles. The lowest BCUT2D eigenvalue weighted by molar-refractivity contribution is 0.492. The Balaban J connectivity index is 1.72. The van der Waals surface area contributed by atoms with E-state index in [0.29, 0.717) is 40.9 Å². The highest BCUT2D eigenvalue weighted by molar-refractivity contribution is 8.24. The van der Waals surface area contributed by atoms with E-state index in [9.17, 15) is 27.1 Å². The van der Waals surface area contributed by atoms with Crippen molar-refractivity contribution in [3.63, 3.8) is 0 Å². The molecule has 5 rings (SSSR count). The quantitative estimate of drug-likeness (QED) is 0.330. The summed E-state index contributed by atoms with van der Waals surface area (Å²) >= 11 is 0. The lowest BCUT2D eigenvalue weighted by Gasteiger charge is -2.26. The second-order valence-corrected chi connectivity index (χ2v) is 11.2. The molecular formula is C25H23F3N4O3S. The third kappa shape index (κ3) is 4.57. The summed E-state index contributed by atoms with van der Waals surface area (Å²) in [6.45, 7) is 2.03. The number of para-hydroxylation sites is 1. The number of pyridine rings is 1. The fraction of sp³-hybridized carbons (Fsp3) is 0.240. The number of rotatable bonds is 5. The van der Waals surface area contributed by atoms with Crippen LogP contribution in [0, 0.1) is 30.3 Å². The highest BCUT2D eigenvalue weighted by atomic mass is 32.3. The standard InChI is InChI=1S/C25H23F3N4O3S/c1-14-11-16(26)5-6-17(14)22-18-7-8-21(33)32(23-19(27)3-2-4-20(23)28)24(18)31-25(30-22)29-12-15-9-10-36(34,35)13-15/h2-8,11,15,34-35H,9-10,12-13H2,1H3,(H,29,30,31). The van der Waals surface area contributed by atoms with Crippen LogP contribution in [0.4, 0.5) is 19.1 Å². The fourth-order valence-electron chi connectivity index (χ4n) is 4.51. The maximum Gasteiger partial charge on any atom is 0.256 e. The molecule has 1 saturated heterocycles. The van der Waals surface area contributed by atoms with Crippen LogP contribution in [0.1, 0.15) is 12.0 Å². The van der Waals surface area contributed by atoms with Crippen LogP contribution in [0.25, 0.3) is 28.0 Å². The van der Waals surface area contributed by atoms with Crippen molar-refractivity contribution in [2.45, 2.75) is 13.3 Å². The molecule has 0 spiro atoms. The van der Waals surface area contributed by atoms with Crippen molar-refractivity contribution in [3.8, 4) is 16.9 Å². The summed E-state index contributed by atoms with van der Waals surface area (Å²) in [5.74, 6) is -1.68. The van der Waals surface area contributed by atoms with Crippen LogP contribution in [0.5, 0.6) is 0 Å². The molecule has 36 heavy (non-hydrogen) atoms. The first-order valence-corrected chi connectivity index (χ1v) is 13.1. The molecular weight excluding hydrogens is 493 g/mol. The zero-order valence-corrected chi connectivity index (χ0v) is 20.0. The Bertz CT molecular complexity index is 1520. The molecule has 11 heteroatoms. The number of anilines is 1. The van der Waals surface area contributed by atoms with Crippen molar-refractivity contribution in [3.05, 3.63) is 81.9 Å². The molecule has 7 nitrogen and oxygen atoms in total. The topological polar surface area (TPSA) is 100 Å². The Hall–Kier alpha value is -3.41. The van der Waals surface area contributed by atoms with Gasteiger partial charge in [-0.05, 0) is 61.2 Å². The van der Waals surface area contributed by atoms with Gasteiger partial charge in [0.25, 0.3) is 5.56 Å². The number of nitrogens with one attached hydrogen (secondary N) is 1. The highest BCUT2D eigenvalue weighted by Gasteiger charge is 2.28. The summed E-state index contributed by atoms with van der Waals surface area (Å²) in [5, 5.41) is 3.42. The van der Waals surface area contributed by atoms with Gasteiger partial charge < -0.3 is 5.32 Å². The molecule has 0 aliphatic carbocycles. The summed E-state index contributed by atoms with van der Waals surface area (Å²) in [5.41, 5.74) is 0.188. The molecule has 1 atom stereocenters. The van der Waals surface area contributed by atoms with Crippen LogP contribution in [-0.4, -0.2) is 41.7 Å². The van der Waals surface area contributed by atoms with E-state index in [-0.39, 0.29) is 23.3 Å². The lowest BCUT2D eigenvalue weighted by atomic mass is 10.0. The van der Waals surface area contributed by atoms with Gasteiger partial charge in [0.15, 0.2) is 5.65 Å². The van der Waals surface area contributed by atoms with Gasteiger partial charge in [-0.15, -0.1) is 0 Å². The molecule has 0 amide bonds. The number of nitrogens with zero attached hydrogens (tertiary/aromatic N) is 3. The molecule has 1 aliphatic rings. The maximum absolute atomic E-state index is 14.8. The summed E-state index contributed by atoms with van der Waals surface area (Å²) in [6.07, 6.45) is 0.609. The third-order valence-corrected chi connectivity index (χ3v) is 8.15. The molecule has 188 valence electrons. The van der Waals surface area contributed by atoms with Gasteiger partial charge in [-0.3, -0.25) is 18.5 Å². The first-order chi connectivity index (χ1) is 17.1. The van der Waals surface area contributed by atoms with E-state index in [2.05, 4.69) is 15.3 Å². The van der Waals surface area contributed by atoms with E-state index in [1.54, 1.807) is 13.0 Å². The number of halogens is 3. The first kappa shape index (κ1) is 24.3. The normalized spacial score (nSPS) is 17.9. The van der Waals surface area contributed by atoms with E-state index >= 15 is 0 Å². The molecule has 2 aromatic heterocycles. The molecule has 0 saturated carbocycles. The minimum atomic E-state index is -2.60. The van der Waals surface area contributed by atoms with E-state index < -0.39 is 39.3 Å². The van der Waals surface area contributed by atoms with E-state index in [1.807, 2.05) is 0 Å². The Labute approximate surface area is 206 Å². The van der Waals surface area contributed by atoms with E-state index in [4.69, 9.17) is 0 Å². The maximum atomic E-state index is 14.8. The Morgan fingerprint density at radius 3 is 2.50 bits per heavy atom. The van der Waals surface area contributed by atoms with Gasteiger partial charge in [0, 0.05) is 35.1 Å². The zero-order chi connectivity index (χ0) is 25.6. The number of fused-ring (bicyclic) bond motifs is 1. The van der Waals surface area contributed by atoms with Gasteiger partial charge in [-0.1, -0.05) is 6.07 Å². The van der Waals surface area contributed by atoms with Gasteiger partial charge in [-0.2, -0.15) is 15.6 Å². The van der Waals surface area contributed by atoms with Crippen LogP contribution < -0.4 is 10.9 Å². The average molecular weight is 517 g/mol. The summed E-state index contributed by atoms with van der Waals surface area (Å²) < 4.78 is 64.1. The average Bonchev–Trinajstić information content (AvgIpc) is 3.17. The Morgan fingerprint density at radius 2 is 1.83 bits per heavy atom. The lowest BCUT2D eigenvalue weighted by Crippen LogP contribution is -2.22. The van der Waals surface area contributed by atoms with Crippen molar-refractivity contribution in [2.24, 2.45) is 5.92 Å². The molecule has 0 bridgehead atoms. The van der Waals surface area contributed by atoms with Gasteiger partial charge in [0.1, 0.15) is 23.1 Å². The van der Waals surface area contributed by atoms with Crippen LogP contribution in [-0.2, 0) is 0 Å². The Kier molecular flexibility index (Phi) is 6.23. The van der Waals surface area contributed by atoms with Gasteiger partial charge in [-0.25, -0.2) is 18.2 Å². The van der Waals surface area contributed by atoms with Gasteiger partial charge in [0.2, 0.25) is 5.95 Å². The second-order valence-electron chi connectivity index (χ2n) is 8.88. The largest absolute Gasteiger partial charge is 0.354 e. The van der Waals surface area contributed by atoms with Crippen LogP contribution in [0.3, 0.4) is 0 Å². The smallest absolute Gasteiger partial charge is 0.256 e. The minimum Gasteiger partial charge on any atom is -0.354 e. The first-order valence-electron chi connectivity index (χ1n) is 11.2. The fourth-order valence-corrected chi connectivity index (χ4v) is 6.42. The number of benzene rings is 2. The number of hydrogen-bond donors (Lipinski definition) is 3. The molecule has 1 fully saturated rings. The SMILES string of the molecule is Cc1cc(F)ccc1-c1nc(NCC2CCS(O)(O)C2)nc2c1ccc(=O)n2-c1c(F)cccc1F. The summed E-state index contributed by atoms with van der Waals surface area (Å²) in [6, 6.07) is 10.1. The van der Waals surface area contributed by atoms with Crippen molar-refractivity contribution in [2.75, 3.05) is 23.4 Å². The number of hydrogen-bond acceptors (Lipinski definition) is 6. The van der Waals surface area contributed by atoms with Crippen LogP contribution >= 0.6 is 10.6 Å². The van der Waals surface area contributed by atoms with Crippen molar-refractivity contribution in [1.82, 2.24) is 14.5 Å². The van der Waals surface area contributed by atoms with Gasteiger partial charge >= 0.3 is 0 Å². The predicted molar refractivity (Wildman–Crippen MR) is 134 cm³/mol. The molecule has 2 aromatic carbocycles. The summed E-state index contributed by atoms with van der Waals surface area (Å²) in [4.78, 5) is 21.9. The van der Waals surface area contributed by atoms with E-state index in [1.165, 1.54) is 30.3 Å². The molecule has 3 N–H and O–H groups in total. The summed E-state index contributed by atoms with van der Waals surface area (Å²) in [7, 11) is -2.60. The minimum absolute atomic E-state index is 0.0292. The van der Waals surface area contributed by atoms with Crippen LogP contribution in [0.15, 0.2) is 53.3 Å². The zero-order valence-electron chi connectivity index (χ0n) is 19.2. The van der Waals surface area contributed by atoms with E-state index in [0.717, 1.165) is 16.7 Å². The second kappa shape index (κ2) is 9.23. The molecule has 1 unspecified atom stereocenters. The number of aromatic nitrogens is 3. The highest BCUT2D eigenvalue weighted by Crippen LogP contribution is 2.48. The number of aryl methyl sites for hydroxylation is 1. The van der Waals surface area contributed by atoms with Crippen molar-refractivity contribution < 1.29 is 22.3 Å². The monoisotopic (exact) mass is 516 g/mol. The molecule has 0 radical (unpaired) electrons. The molecule has 4 aromatic rings. The Morgan fingerprint density at radius 1 is 1.08 bits per heavy atom. The van der Waals surface area contributed by atoms with Gasteiger partial charge in [0.05, 0.1) is 5.69 Å². The van der Waals surface area contributed by atoms with Crippen molar-refractivity contribution in [1.29, 1.82) is 0 Å². The predicted octanol–water partition coefficient (Wildman–Crippen LogP) is 5.36. The van der Waals surface area contributed by atoms with Crippen molar-refractivity contribution >= 4 is 27.6 Å². The van der Waals surface area contributed by atoms with Crippen LogP contribution in [0.2, 0.25) is 0 Å². The molecule has 1 aliphatic heterocycles.